The largest absolute Gasteiger partial charge is 0.491 e. The van der Waals surface area contributed by atoms with Crippen LogP contribution in [0.15, 0.2) is 60.7 Å². The van der Waals surface area contributed by atoms with E-state index in [0.717, 1.165) is 12.1 Å². The van der Waals surface area contributed by atoms with Gasteiger partial charge in [-0.1, -0.05) is 18.2 Å². The Morgan fingerprint density at radius 3 is 2.24 bits per heavy atom. The van der Waals surface area contributed by atoms with Crippen LogP contribution in [0.25, 0.3) is 0 Å². The molecule has 46 heavy (non-hydrogen) atoms. The van der Waals surface area contributed by atoms with Crippen LogP contribution in [0.3, 0.4) is 0 Å². The predicted molar refractivity (Wildman–Crippen MR) is 165 cm³/mol. The standard InChI is InChI=1S/C31H35F3N6O6/c1-6-44-25-15-18(11-14-23(25)45-17(2)3)26(29(42)39-38-28(41)20-9-7-8-10-22(20)40(4)5)37-19-12-13-21(27(35)36)24(16-19)46-30(43)31(32,33)34/h7-17,26,37H,6H2,1-5H3,(H3,35,36)(H,38,41)(H,39,42). The molecule has 15 heteroatoms. The van der Waals surface area contributed by atoms with Crippen LogP contribution in [0.5, 0.6) is 17.2 Å². The van der Waals surface area contributed by atoms with Crippen molar-refractivity contribution in [2.45, 2.75) is 39.1 Å². The second-order valence-electron chi connectivity index (χ2n) is 10.2. The predicted octanol–water partition coefficient (Wildman–Crippen LogP) is 4.30. The summed E-state index contributed by atoms with van der Waals surface area (Å²) in [5.74, 6) is -4.52. The monoisotopic (exact) mass is 644 g/mol. The molecule has 3 rings (SSSR count). The van der Waals surface area contributed by atoms with E-state index in [9.17, 15) is 27.6 Å². The van der Waals surface area contributed by atoms with Gasteiger partial charge in [-0.25, -0.2) is 4.79 Å². The van der Waals surface area contributed by atoms with Crippen molar-refractivity contribution in [3.05, 3.63) is 77.4 Å². The number of hydrazine groups is 1. The molecule has 0 heterocycles. The third kappa shape index (κ3) is 9.03. The maximum absolute atomic E-state index is 13.6. The Hall–Kier alpha value is -5.47. The fourth-order valence-electron chi connectivity index (χ4n) is 4.18. The molecule has 1 atom stereocenters. The fourth-order valence-corrected chi connectivity index (χ4v) is 4.18. The normalized spacial score (nSPS) is 11.7. The Bertz CT molecular complexity index is 1600. The highest BCUT2D eigenvalue weighted by Gasteiger charge is 2.42. The van der Waals surface area contributed by atoms with Crippen molar-refractivity contribution >= 4 is 35.0 Å². The number of halogens is 3. The van der Waals surface area contributed by atoms with Crippen LogP contribution in [0.2, 0.25) is 0 Å². The molecule has 246 valence electrons. The second kappa shape index (κ2) is 15.0. The molecule has 0 spiro atoms. The van der Waals surface area contributed by atoms with Crippen LogP contribution in [0.1, 0.15) is 48.3 Å². The van der Waals surface area contributed by atoms with E-state index in [2.05, 4.69) is 20.9 Å². The lowest BCUT2D eigenvalue weighted by Gasteiger charge is -2.23. The Morgan fingerprint density at radius 1 is 0.935 bits per heavy atom. The van der Waals surface area contributed by atoms with Crippen molar-refractivity contribution in [1.29, 1.82) is 5.41 Å². The lowest BCUT2D eigenvalue weighted by molar-refractivity contribution is -0.189. The molecule has 0 radical (unpaired) electrons. The molecule has 0 aliphatic heterocycles. The van der Waals surface area contributed by atoms with Gasteiger partial charge < -0.3 is 30.2 Å². The number of para-hydroxylation sites is 1. The van der Waals surface area contributed by atoms with E-state index in [1.165, 1.54) is 12.1 Å². The number of esters is 1. The summed E-state index contributed by atoms with van der Waals surface area (Å²) in [7, 11) is 3.51. The number of alkyl halides is 3. The van der Waals surface area contributed by atoms with Crippen molar-refractivity contribution in [1.82, 2.24) is 10.9 Å². The maximum Gasteiger partial charge on any atom is 0.491 e. The van der Waals surface area contributed by atoms with Gasteiger partial charge in [0.15, 0.2) is 11.5 Å². The zero-order valence-corrected chi connectivity index (χ0v) is 25.7. The van der Waals surface area contributed by atoms with Gasteiger partial charge in [0.2, 0.25) is 0 Å². The van der Waals surface area contributed by atoms with Crippen LogP contribution in [0, 0.1) is 5.41 Å². The van der Waals surface area contributed by atoms with Gasteiger partial charge in [0.25, 0.3) is 11.8 Å². The first-order valence-electron chi connectivity index (χ1n) is 14.0. The molecule has 0 aromatic heterocycles. The van der Waals surface area contributed by atoms with Gasteiger partial charge in [-0.3, -0.25) is 25.8 Å². The first kappa shape index (κ1) is 35.0. The molecule has 2 amide bonds. The summed E-state index contributed by atoms with van der Waals surface area (Å²) < 4.78 is 54.9. The van der Waals surface area contributed by atoms with E-state index >= 15 is 0 Å². The summed E-state index contributed by atoms with van der Waals surface area (Å²) in [5.41, 5.74) is 11.2. The van der Waals surface area contributed by atoms with Crippen molar-refractivity contribution in [3.8, 4) is 17.2 Å². The lowest BCUT2D eigenvalue weighted by atomic mass is 10.0. The first-order valence-corrected chi connectivity index (χ1v) is 14.0. The molecule has 12 nitrogen and oxygen atoms in total. The minimum atomic E-state index is -5.32. The first-order chi connectivity index (χ1) is 21.6. The Balaban J connectivity index is 2.02. The molecule has 0 aliphatic rings. The number of benzene rings is 3. The summed E-state index contributed by atoms with van der Waals surface area (Å²) in [5, 5.41) is 10.6. The van der Waals surface area contributed by atoms with Crippen LogP contribution in [-0.2, 0) is 9.59 Å². The van der Waals surface area contributed by atoms with Crippen LogP contribution in [-0.4, -0.2) is 56.6 Å². The summed E-state index contributed by atoms with van der Waals surface area (Å²) in [6.07, 6.45) is -5.51. The number of anilines is 2. The van der Waals surface area contributed by atoms with Crippen molar-refractivity contribution in [3.63, 3.8) is 0 Å². The van der Waals surface area contributed by atoms with E-state index in [1.807, 2.05) is 13.8 Å². The van der Waals surface area contributed by atoms with Crippen molar-refractivity contribution < 1.29 is 41.8 Å². The number of nitrogens with one attached hydrogen (secondary N) is 4. The van der Waals surface area contributed by atoms with E-state index in [1.54, 1.807) is 62.3 Å². The SMILES string of the molecule is CCOc1cc(C(Nc2ccc(C(=N)N)c(OC(=O)C(F)(F)F)c2)C(=O)NNC(=O)c2ccccc2N(C)C)ccc1OC(C)C. The number of amides is 2. The Morgan fingerprint density at radius 2 is 1.63 bits per heavy atom. The maximum atomic E-state index is 13.6. The highest BCUT2D eigenvalue weighted by Crippen LogP contribution is 2.34. The number of carbonyl (C=O) groups excluding carboxylic acids is 3. The van der Waals surface area contributed by atoms with Gasteiger partial charge >= 0.3 is 12.1 Å². The van der Waals surface area contributed by atoms with Crippen molar-refractivity contribution in [2.24, 2.45) is 5.73 Å². The number of hydrogen-bond acceptors (Lipinski definition) is 9. The minimum Gasteiger partial charge on any atom is -0.490 e. The molecular formula is C31H35F3N6O6. The van der Waals surface area contributed by atoms with E-state index < -0.39 is 41.6 Å². The molecular weight excluding hydrogens is 609 g/mol. The van der Waals surface area contributed by atoms with Gasteiger partial charge in [0, 0.05) is 31.5 Å². The zero-order valence-electron chi connectivity index (χ0n) is 25.7. The number of rotatable bonds is 12. The number of ether oxygens (including phenoxy) is 3. The van der Waals surface area contributed by atoms with Crippen LogP contribution in [0.4, 0.5) is 24.5 Å². The molecule has 3 aromatic rings. The topological polar surface area (TPSA) is 168 Å². The molecule has 0 saturated carbocycles. The van der Waals surface area contributed by atoms with E-state index in [4.69, 9.17) is 20.6 Å². The summed E-state index contributed by atoms with van der Waals surface area (Å²) in [6, 6.07) is 13.6. The summed E-state index contributed by atoms with van der Waals surface area (Å²) >= 11 is 0. The van der Waals surface area contributed by atoms with Gasteiger partial charge in [0.1, 0.15) is 17.6 Å². The molecule has 6 N–H and O–H groups in total. The fraction of sp³-hybridized carbons (Fsp3) is 0.290. The highest BCUT2D eigenvalue weighted by molar-refractivity contribution is 6.01. The molecule has 0 bridgehead atoms. The molecule has 0 fully saturated rings. The number of nitrogens with zero attached hydrogens (tertiary/aromatic N) is 1. The van der Waals surface area contributed by atoms with Gasteiger partial charge in [-0.2, -0.15) is 13.2 Å². The highest BCUT2D eigenvalue weighted by atomic mass is 19.4. The van der Waals surface area contributed by atoms with Crippen LogP contribution < -0.4 is 41.0 Å². The third-order valence-electron chi connectivity index (χ3n) is 6.17. The molecule has 3 aromatic carbocycles. The summed E-state index contributed by atoms with van der Waals surface area (Å²) in [6.45, 7) is 5.68. The third-order valence-corrected chi connectivity index (χ3v) is 6.17. The Labute approximate surface area is 263 Å². The second-order valence-corrected chi connectivity index (χ2v) is 10.2. The molecule has 1 unspecified atom stereocenters. The quantitative estimate of drug-likeness (QED) is 0.0635. The smallest absolute Gasteiger partial charge is 0.490 e. The number of nitrogens with two attached hydrogens (primary N) is 1. The van der Waals surface area contributed by atoms with E-state index in [0.29, 0.717) is 22.7 Å². The number of hydrogen-bond donors (Lipinski definition) is 5. The van der Waals surface area contributed by atoms with E-state index in [-0.39, 0.29) is 29.5 Å². The average molecular weight is 645 g/mol. The zero-order chi connectivity index (χ0) is 34.2. The van der Waals surface area contributed by atoms with Gasteiger partial charge in [-0.15, -0.1) is 0 Å². The lowest BCUT2D eigenvalue weighted by Crippen LogP contribution is -2.45. The number of amidine groups is 1. The average Bonchev–Trinajstić information content (AvgIpc) is 2.98. The molecule has 0 aliphatic carbocycles. The van der Waals surface area contributed by atoms with Crippen molar-refractivity contribution in [2.75, 3.05) is 30.9 Å². The van der Waals surface area contributed by atoms with Gasteiger partial charge in [0.05, 0.1) is 23.8 Å². The van der Waals surface area contributed by atoms with Crippen LogP contribution >= 0.6 is 0 Å². The minimum absolute atomic E-state index is 0.0138. The molecule has 0 saturated heterocycles. The summed E-state index contributed by atoms with van der Waals surface area (Å²) in [4.78, 5) is 40.0. The van der Waals surface area contributed by atoms with Gasteiger partial charge in [-0.05, 0) is 62.7 Å². The number of carbonyl (C=O) groups is 3. The number of nitrogen functional groups attached to an aromatic ring is 1. The Kier molecular flexibility index (Phi) is 11.4.